The average molecular weight is 292 g/mol. The van der Waals surface area contributed by atoms with Crippen molar-refractivity contribution in [3.8, 4) is 5.75 Å². The Bertz CT molecular complexity index is 531. The highest BCUT2D eigenvalue weighted by Gasteiger charge is 2.28. The van der Waals surface area contributed by atoms with Crippen LogP contribution in [0.25, 0.3) is 0 Å². The van der Waals surface area contributed by atoms with Crippen molar-refractivity contribution in [2.24, 2.45) is 11.7 Å². The number of likely N-dealkylation sites (tertiary alicyclic amines) is 1. The van der Waals surface area contributed by atoms with Crippen LogP contribution >= 0.6 is 12.2 Å². The Morgan fingerprint density at radius 1 is 1.55 bits per heavy atom. The van der Waals surface area contributed by atoms with Crippen molar-refractivity contribution in [2.75, 3.05) is 13.7 Å². The Balaban J connectivity index is 2.14. The number of hydrogen-bond acceptors (Lipinski definition) is 3. The average Bonchev–Trinajstić information content (AvgIpc) is 2.79. The minimum Gasteiger partial charge on any atom is -0.496 e. The summed E-state index contributed by atoms with van der Waals surface area (Å²) in [5, 5.41) is 0. The number of benzene rings is 1. The molecule has 2 N–H and O–H groups in total. The predicted octanol–water partition coefficient (Wildman–Crippen LogP) is 2.09. The fourth-order valence-corrected chi connectivity index (χ4v) is 2.71. The largest absolute Gasteiger partial charge is 0.496 e. The maximum absolute atomic E-state index is 11.9. The number of nitrogens with zero attached hydrogens (tertiary/aromatic N) is 1. The number of thiocarbonyl (C=S) groups is 1. The summed E-state index contributed by atoms with van der Waals surface area (Å²) < 4.78 is 5.31. The molecule has 1 saturated heterocycles. The van der Waals surface area contributed by atoms with Crippen molar-refractivity contribution in [2.45, 2.75) is 26.3 Å². The maximum atomic E-state index is 11.9. The number of hydrogen-bond donors (Lipinski definition) is 1. The van der Waals surface area contributed by atoms with Gasteiger partial charge in [-0.25, -0.2) is 0 Å². The van der Waals surface area contributed by atoms with Crippen molar-refractivity contribution in [1.29, 1.82) is 0 Å². The second-order valence-corrected chi connectivity index (χ2v) is 5.59. The summed E-state index contributed by atoms with van der Waals surface area (Å²) in [6.45, 7) is 3.58. The first-order valence-corrected chi connectivity index (χ1v) is 7.20. The molecule has 0 aliphatic carbocycles. The van der Waals surface area contributed by atoms with Gasteiger partial charge in [0.2, 0.25) is 5.91 Å². The summed E-state index contributed by atoms with van der Waals surface area (Å²) in [5.41, 5.74) is 7.41. The van der Waals surface area contributed by atoms with Crippen LogP contribution in [0.1, 0.15) is 30.9 Å². The van der Waals surface area contributed by atoms with Gasteiger partial charge in [0.05, 0.1) is 12.7 Å². The lowest BCUT2D eigenvalue weighted by Gasteiger charge is -2.17. The predicted molar refractivity (Wildman–Crippen MR) is 82.7 cm³/mol. The second-order valence-electron chi connectivity index (χ2n) is 5.15. The molecule has 0 aromatic heterocycles. The zero-order valence-corrected chi connectivity index (χ0v) is 12.7. The van der Waals surface area contributed by atoms with Gasteiger partial charge in [-0.3, -0.25) is 4.79 Å². The standard InChI is InChI=1S/C15H20N2O2S/c1-3-10-7-14(18)17(8-10)9-11-4-5-12(15(16)20)13(6-11)19-2/h4-6,10H,3,7-9H2,1-2H3,(H2,16,20). The molecule has 1 aliphatic rings. The van der Waals surface area contributed by atoms with Gasteiger partial charge in [-0.2, -0.15) is 0 Å². The van der Waals surface area contributed by atoms with Crippen LogP contribution in [0.5, 0.6) is 5.75 Å². The summed E-state index contributed by atoms with van der Waals surface area (Å²) in [7, 11) is 1.59. The molecule has 1 aromatic carbocycles. The molecule has 4 nitrogen and oxygen atoms in total. The van der Waals surface area contributed by atoms with Crippen molar-refractivity contribution in [3.05, 3.63) is 29.3 Å². The number of ether oxygens (including phenoxy) is 1. The van der Waals surface area contributed by atoms with Crippen molar-refractivity contribution in [1.82, 2.24) is 4.90 Å². The van der Waals surface area contributed by atoms with Gasteiger partial charge in [0, 0.05) is 19.5 Å². The lowest BCUT2D eigenvalue weighted by molar-refractivity contribution is -0.128. The van der Waals surface area contributed by atoms with Gasteiger partial charge >= 0.3 is 0 Å². The Morgan fingerprint density at radius 3 is 2.85 bits per heavy atom. The van der Waals surface area contributed by atoms with E-state index in [-0.39, 0.29) is 5.91 Å². The van der Waals surface area contributed by atoms with Gasteiger partial charge in [0.15, 0.2) is 0 Å². The Morgan fingerprint density at radius 2 is 2.30 bits per heavy atom. The first-order valence-electron chi connectivity index (χ1n) is 6.79. The highest BCUT2D eigenvalue weighted by molar-refractivity contribution is 7.80. The quantitative estimate of drug-likeness (QED) is 0.844. The molecule has 20 heavy (non-hydrogen) atoms. The summed E-state index contributed by atoms with van der Waals surface area (Å²) in [6, 6.07) is 5.71. The molecule has 1 fully saturated rings. The number of rotatable bonds is 5. The first kappa shape index (κ1) is 14.8. The number of amides is 1. The number of nitrogens with two attached hydrogens (primary N) is 1. The zero-order chi connectivity index (χ0) is 14.7. The molecule has 1 aromatic rings. The SMILES string of the molecule is CCC1CC(=O)N(Cc2ccc(C(N)=S)c(OC)c2)C1. The molecule has 1 heterocycles. The molecule has 1 amide bonds. The van der Waals surface area contributed by atoms with Crippen LogP contribution in [0.2, 0.25) is 0 Å². The van der Waals surface area contributed by atoms with E-state index in [2.05, 4.69) is 6.92 Å². The Labute approximate surface area is 124 Å². The normalized spacial score (nSPS) is 18.4. The van der Waals surface area contributed by atoms with E-state index in [4.69, 9.17) is 22.7 Å². The van der Waals surface area contributed by atoms with Crippen molar-refractivity contribution in [3.63, 3.8) is 0 Å². The summed E-state index contributed by atoms with van der Waals surface area (Å²) in [5.74, 6) is 1.38. The summed E-state index contributed by atoms with van der Waals surface area (Å²) in [6.07, 6.45) is 1.71. The van der Waals surface area contributed by atoms with Gasteiger partial charge in [0.25, 0.3) is 0 Å². The maximum Gasteiger partial charge on any atom is 0.223 e. The Hall–Kier alpha value is -1.62. The highest BCUT2D eigenvalue weighted by Crippen LogP contribution is 2.25. The van der Waals surface area contributed by atoms with E-state index in [0.29, 0.717) is 29.6 Å². The summed E-state index contributed by atoms with van der Waals surface area (Å²) in [4.78, 5) is 14.2. The van der Waals surface area contributed by atoms with Crippen LogP contribution in [-0.4, -0.2) is 29.5 Å². The van der Waals surface area contributed by atoms with Crippen LogP contribution in [0.4, 0.5) is 0 Å². The van der Waals surface area contributed by atoms with Crippen LogP contribution in [0.3, 0.4) is 0 Å². The Kier molecular flexibility index (Phi) is 4.60. The van der Waals surface area contributed by atoms with Crippen LogP contribution in [-0.2, 0) is 11.3 Å². The van der Waals surface area contributed by atoms with Crippen LogP contribution < -0.4 is 10.5 Å². The fourth-order valence-electron chi connectivity index (χ4n) is 2.54. The fraction of sp³-hybridized carbons (Fsp3) is 0.467. The van der Waals surface area contributed by atoms with E-state index < -0.39 is 0 Å². The zero-order valence-electron chi connectivity index (χ0n) is 11.9. The first-order chi connectivity index (χ1) is 9.55. The van der Waals surface area contributed by atoms with Gasteiger partial charge in [0.1, 0.15) is 10.7 Å². The smallest absolute Gasteiger partial charge is 0.223 e. The second kappa shape index (κ2) is 6.22. The highest BCUT2D eigenvalue weighted by atomic mass is 32.1. The summed E-state index contributed by atoms with van der Waals surface area (Å²) >= 11 is 4.99. The molecule has 0 bridgehead atoms. The third kappa shape index (κ3) is 3.10. The van der Waals surface area contributed by atoms with E-state index in [1.165, 1.54) is 0 Å². The monoisotopic (exact) mass is 292 g/mol. The number of methoxy groups -OCH3 is 1. The lowest BCUT2D eigenvalue weighted by atomic mass is 10.1. The molecule has 0 spiro atoms. The molecule has 1 aliphatic heterocycles. The number of carbonyl (C=O) groups excluding carboxylic acids is 1. The molecule has 5 heteroatoms. The molecular formula is C15H20N2O2S. The van der Waals surface area contributed by atoms with Gasteiger partial charge < -0.3 is 15.4 Å². The minimum atomic E-state index is 0.231. The molecular weight excluding hydrogens is 272 g/mol. The van der Waals surface area contributed by atoms with Gasteiger partial charge in [-0.1, -0.05) is 31.6 Å². The molecule has 1 atom stereocenters. The van der Waals surface area contributed by atoms with E-state index in [0.717, 1.165) is 24.1 Å². The van der Waals surface area contributed by atoms with E-state index in [1.807, 2.05) is 23.1 Å². The van der Waals surface area contributed by atoms with Crippen LogP contribution in [0.15, 0.2) is 18.2 Å². The lowest BCUT2D eigenvalue weighted by Crippen LogP contribution is -2.24. The van der Waals surface area contributed by atoms with E-state index in [1.54, 1.807) is 7.11 Å². The van der Waals surface area contributed by atoms with Crippen LogP contribution in [0, 0.1) is 5.92 Å². The molecule has 2 rings (SSSR count). The minimum absolute atomic E-state index is 0.231. The van der Waals surface area contributed by atoms with E-state index in [9.17, 15) is 4.79 Å². The van der Waals surface area contributed by atoms with E-state index >= 15 is 0 Å². The van der Waals surface area contributed by atoms with Crippen molar-refractivity contribution < 1.29 is 9.53 Å². The van der Waals surface area contributed by atoms with Crippen molar-refractivity contribution >= 4 is 23.1 Å². The topological polar surface area (TPSA) is 55.6 Å². The van der Waals surface area contributed by atoms with Gasteiger partial charge in [-0.15, -0.1) is 0 Å². The molecule has 0 radical (unpaired) electrons. The molecule has 0 saturated carbocycles. The third-order valence-electron chi connectivity index (χ3n) is 3.78. The molecule has 108 valence electrons. The third-order valence-corrected chi connectivity index (χ3v) is 4.00. The number of carbonyl (C=O) groups is 1. The van der Waals surface area contributed by atoms with Gasteiger partial charge in [-0.05, 0) is 23.6 Å². The molecule has 1 unspecified atom stereocenters.